The standard InChI is InChI=1S/C21H44NO4P/c1-2-3-4-5-6-7-8-9-10-11-12-13-14-15-16-17-18-21(24,27(25)26)20(23)19-22/h20,23-24H,2-19,22H2,1H3. The van der Waals surface area contributed by atoms with Gasteiger partial charge in [0.25, 0.3) is 0 Å². The number of aliphatic hydroxyl groups is 2. The molecule has 0 aliphatic carbocycles. The highest BCUT2D eigenvalue weighted by atomic mass is 31.1. The van der Waals surface area contributed by atoms with Crippen LogP contribution in [0.5, 0.6) is 0 Å². The van der Waals surface area contributed by atoms with Crippen LogP contribution in [-0.2, 0) is 9.13 Å². The number of unbranched alkanes of at least 4 members (excludes halogenated alkanes) is 15. The average molecular weight is 406 g/mol. The molecule has 2 unspecified atom stereocenters. The van der Waals surface area contributed by atoms with Gasteiger partial charge in [-0.2, -0.15) is 0 Å². The lowest BCUT2D eigenvalue weighted by atomic mass is 10.0. The minimum Gasteiger partial charge on any atom is -0.388 e. The minimum atomic E-state index is -3.11. The molecule has 4 N–H and O–H groups in total. The molecule has 27 heavy (non-hydrogen) atoms. The molecule has 0 aromatic rings. The Morgan fingerprint density at radius 1 is 0.741 bits per heavy atom. The minimum absolute atomic E-state index is 0.0581. The summed E-state index contributed by atoms with van der Waals surface area (Å²) in [6.45, 7) is 2.01. The lowest BCUT2D eigenvalue weighted by Crippen LogP contribution is -2.42. The second-order valence-corrected chi connectivity index (χ2v) is 9.23. The summed E-state index contributed by atoms with van der Waals surface area (Å²) in [5.74, 6) is 0. The van der Waals surface area contributed by atoms with Crippen molar-refractivity contribution in [3.05, 3.63) is 0 Å². The van der Waals surface area contributed by atoms with Crippen molar-refractivity contribution in [3.8, 4) is 0 Å². The summed E-state index contributed by atoms with van der Waals surface area (Å²) in [5.41, 5.74) is 5.28. The Morgan fingerprint density at radius 2 is 1.07 bits per heavy atom. The van der Waals surface area contributed by atoms with Crippen LogP contribution in [0.25, 0.3) is 0 Å². The van der Waals surface area contributed by atoms with Crippen LogP contribution in [0.3, 0.4) is 0 Å². The Bertz CT molecular complexity index is 396. The Kier molecular flexibility index (Phi) is 17.7. The van der Waals surface area contributed by atoms with Crippen molar-refractivity contribution >= 4 is 7.68 Å². The van der Waals surface area contributed by atoms with Gasteiger partial charge in [-0.25, -0.2) is 9.13 Å². The molecule has 0 spiro atoms. The van der Waals surface area contributed by atoms with Gasteiger partial charge in [0.1, 0.15) is 6.10 Å². The van der Waals surface area contributed by atoms with Crippen LogP contribution < -0.4 is 5.73 Å². The molecule has 0 saturated carbocycles. The summed E-state index contributed by atoms with van der Waals surface area (Å²) in [4.78, 5) is 0. The van der Waals surface area contributed by atoms with E-state index in [1.165, 1.54) is 77.0 Å². The molecule has 162 valence electrons. The molecular formula is C21H44NO4P. The maximum absolute atomic E-state index is 11.2. The molecule has 0 amide bonds. The zero-order valence-corrected chi connectivity index (χ0v) is 18.4. The Hall–Kier alpha value is -0.220. The average Bonchev–Trinajstić information content (AvgIpc) is 2.66. The Balaban J connectivity index is 3.43. The van der Waals surface area contributed by atoms with Gasteiger partial charge >= 0.3 is 7.68 Å². The fourth-order valence-corrected chi connectivity index (χ4v) is 4.19. The molecule has 5 nitrogen and oxygen atoms in total. The first-order valence-corrected chi connectivity index (χ1v) is 12.4. The topological polar surface area (TPSA) is 101 Å². The van der Waals surface area contributed by atoms with Crippen molar-refractivity contribution in [2.24, 2.45) is 5.73 Å². The van der Waals surface area contributed by atoms with Crippen molar-refractivity contribution in [1.29, 1.82) is 0 Å². The smallest absolute Gasteiger partial charge is 0.350 e. The van der Waals surface area contributed by atoms with Crippen molar-refractivity contribution in [3.63, 3.8) is 0 Å². The number of hydrogen-bond donors (Lipinski definition) is 3. The van der Waals surface area contributed by atoms with Crippen molar-refractivity contribution in [2.45, 2.75) is 128 Å². The van der Waals surface area contributed by atoms with Crippen molar-refractivity contribution in [2.75, 3.05) is 6.54 Å². The fraction of sp³-hybridized carbons (Fsp3) is 1.00. The predicted molar refractivity (Wildman–Crippen MR) is 112 cm³/mol. The predicted octanol–water partition coefficient (Wildman–Crippen LogP) is 5.82. The number of rotatable bonds is 20. The molecule has 0 aromatic carbocycles. The van der Waals surface area contributed by atoms with Gasteiger partial charge in [0.2, 0.25) is 5.34 Å². The van der Waals surface area contributed by atoms with E-state index in [0.29, 0.717) is 6.42 Å². The van der Waals surface area contributed by atoms with Gasteiger partial charge in [0.15, 0.2) is 0 Å². The summed E-state index contributed by atoms with van der Waals surface area (Å²) < 4.78 is 22.4. The fourth-order valence-electron chi connectivity index (χ4n) is 3.50. The van der Waals surface area contributed by atoms with E-state index in [1.807, 2.05) is 0 Å². The SMILES string of the molecule is CCCCCCCCCCCCCCCCCCC(O)(C(O)CN)P(=O)=O. The third kappa shape index (κ3) is 13.6. The zero-order chi connectivity index (χ0) is 20.4. The van der Waals surface area contributed by atoms with Crippen LogP contribution in [0, 0.1) is 0 Å². The second kappa shape index (κ2) is 17.8. The van der Waals surface area contributed by atoms with Gasteiger partial charge in [0, 0.05) is 6.54 Å². The van der Waals surface area contributed by atoms with Gasteiger partial charge in [-0.15, -0.1) is 0 Å². The van der Waals surface area contributed by atoms with E-state index in [1.54, 1.807) is 0 Å². The summed E-state index contributed by atoms with van der Waals surface area (Å²) in [6.07, 6.45) is 18.5. The molecule has 0 radical (unpaired) electrons. The zero-order valence-electron chi connectivity index (χ0n) is 17.5. The number of nitrogens with two attached hydrogens (primary N) is 1. The normalized spacial score (nSPS) is 14.8. The van der Waals surface area contributed by atoms with E-state index < -0.39 is 19.1 Å². The van der Waals surface area contributed by atoms with Gasteiger partial charge in [-0.1, -0.05) is 103 Å². The van der Waals surface area contributed by atoms with E-state index in [9.17, 15) is 19.3 Å². The van der Waals surface area contributed by atoms with Crippen LogP contribution in [-0.4, -0.2) is 28.2 Å². The molecule has 0 fully saturated rings. The first kappa shape index (κ1) is 26.8. The van der Waals surface area contributed by atoms with Crippen LogP contribution in [0.1, 0.15) is 116 Å². The molecule has 0 saturated heterocycles. The third-order valence-corrected chi connectivity index (χ3v) is 6.63. The Morgan fingerprint density at radius 3 is 1.37 bits per heavy atom. The van der Waals surface area contributed by atoms with E-state index >= 15 is 0 Å². The van der Waals surface area contributed by atoms with Gasteiger partial charge in [-0.3, -0.25) is 0 Å². The summed E-state index contributed by atoms with van der Waals surface area (Å²) in [6, 6.07) is 0. The van der Waals surface area contributed by atoms with E-state index in [-0.39, 0.29) is 13.0 Å². The maximum atomic E-state index is 11.2. The van der Waals surface area contributed by atoms with Crippen molar-refractivity contribution in [1.82, 2.24) is 0 Å². The van der Waals surface area contributed by atoms with E-state index in [4.69, 9.17) is 5.73 Å². The highest BCUT2D eigenvalue weighted by Gasteiger charge is 2.40. The highest BCUT2D eigenvalue weighted by molar-refractivity contribution is 7.32. The number of aliphatic hydroxyl groups excluding tert-OH is 1. The monoisotopic (exact) mass is 405 g/mol. The second-order valence-electron chi connectivity index (χ2n) is 7.94. The summed E-state index contributed by atoms with van der Waals surface area (Å²) in [5, 5.41) is 17.6. The third-order valence-electron chi connectivity index (χ3n) is 5.47. The van der Waals surface area contributed by atoms with Crippen LogP contribution in [0.15, 0.2) is 0 Å². The molecule has 6 heteroatoms. The molecule has 0 heterocycles. The first-order valence-electron chi connectivity index (χ1n) is 11.2. The molecule has 2 atom stereocenters. The molecule has 0 aromatic heterocycles. The summed E-state index contributed by atoms with van der Waals surface area (Å²) >= 11 is 0. The molecule has 0 bridgehead atoms. The van der Waals surface area contributed by atoms with E-state index in [2.05, 4.69) is 6.92 Å². The molecule has 0 aliphatic rings. The summed E-state index contributed by atoms with van der Waals surface area (Å²) in [7, 11) is -3.11. The lowest BCUT2D eigenvalue weighted by molar-refractivity contribution is -0.0165. The molecular weight excluding hydrogens is 361 g/mol. The molecule has 0 aliphatic heterocycles. The van der Waals surface area contributed by atoms with Crippen LogP contribution >= 0.6 is 7.68 Å². The maximum Gasteiger partial charge on any atom is 0.350 e. The largest absolute Gasteiger partial charge is 0.388 e. The highest BCUT2D eigenvalue weighted by Crippen LogP contribution is 2.35. The van der Waals surface area contributed by atoms with E-state index in [0.717, 1.165) is 19.3 Å². The van der Waals surface area contributed by atoms with Crippen LogP contribution in [0.2, 0.25) is 0 Å². The van der Waals surface area contributed by atoms with Gasteiger partial charge in [-0.05, 0) is 12.8 Å². The lowest BCUT2D eigenvalue weighted by Gasteiger charge is -2.24. The van der Waals surface area contributed by atoms with Crippen LogP contribution in [0.4, 0.5) is 0 Å². The number of hydrogen-bond acceptors (Lipinski definition) is 5. The first-order chi connectivity index (χ1) is 13.0. The van der Waals surface area contributed by atoms with Crippen molar-refractivity contribution < 1.29 is 19.3 Å². The quantitative estimate of drug-likeness (QED) is 0.175. The molecule has 0 rings (SSSR count). The Labute approximate surface area is 167 Å². The van der Waals surface area contributed by atoms with Gasteiger partial charge in [0.05, 0.1) is 0 Å². The van der Waals surface area contributed by atoms with Gasteiger partial charge < -0.3 is 15.9 Å².